The Morgan fingerprint density at radius 2 is 2.23 bits per heavy atom. The normalized spacial score (nSPS) is 10.7. The first-order chi connectivity index (χ1) is 10.5. The molecule has 6 nitrogen and oxygen atoms in total. The number of nitrogens with one attached hydrogen (secondary N) is 1. The van der Waals surface area contributed by atoms with Crippen LogP contribution in [0.1, 0.15) is 18.3 Å². The lowest BCUT2D eigenvalue weighted by molar-refractivity contribution is -0.133. The third kappa shape index (κ3) is 4.14. The number of halogens is 1. The first-order valence-electron chi connectivity index (χ1n) is 6.78. The number of carboxylic acids is 1. The number of hydrogen-bond acceptors (Lipinski definition) is 5. The second-order valence-corrected chi connectivity index (χ2v) is 5.99. The third-order valence-electron chi connectivity index (χ3n) is 3.06. The highest BCUT2D eigenvalue weighted by atomic mass is 35.5. The number of aromatic nitrogens is 3. The number of carbonyl (C=O) groups is 1. The van der Waals surface area contributed by atoms with E-state index in [0.717, 1.165) is 17.1 Å². The minimum absolute atomic E-state index is 0.0286. The summed E-state index contributed by atoms with van der Waals surface area (Å²) in [6.45, 7) is 5.10. The van der Waals surface area contributed by atoms with Gasteiger partial charge < -0.3 is 15.0 Å². The van der Waals surface area contributed by atoms with Crippen LogP contribution >= 0.6 is 23.4 Å². The molecule has 0 unspecified atom stereocenters. The molecular weight excluding hydrogens is 324 g/mol. The van der Waals surface area contributed by atoms with E-state index in [1.807, 2.05) is 36.6 Å². The monoisotopic (exact) mass is 340 g/mol. The van der Waals surface area contributed by atoms with Crippen molar-refractivity contribution in [1.82, 2.24) is 14.8 Å². The van der Waals surface area contributed by atoms with Crippen LogP contribution in [0.5, 0.6) is 0 Å². The molecule has 0 fully saturated rings. The average molecular weight is 341 g/mol. The largest absolute Gasteiger partial charge is 0.481 e. The van der Waals surface area contributed by atoms with Crippen molar-refractivity contribution in [2.24, 2.45) is 0 Å². The molecule has 2 rings (SSSR count). The summed E-state index contributed by atoms with van der Waals surface area (Å²) in [4.78, 5) is 10.6. The SMILES string of the molecule is CCn1c(CNc2ccc(C)c(Cl)c2)nnc1SCC(=O)O. The Morgan fingerprint density at radius 3 is 2.86 bits per heavy atom. The van der Waals surface area contributed by atoms with Gasteiger partial charge in [-0.3, -0.25) is 4.79 Å². The quantitative estimate of drug-likeness (QED) is 0.754. The minimum atomic E-state index is -0.871. The fourth-order valence-electron chi connectivity index (χ4n) is 1.88. The maximum absolute atomic E-state index is 10.6. The highest BCUT2D eigenvalue weighted by molar-refractivity contribution is 7.99. The van der Waals surface area contributed by atoms with Gasteiger partial charge in [0.25, 0.3) is 0 Å². The van der Waals surface area contributed by atoms with Crippen LogP contribution in [0, 0.1) is 6.92 Å². The van der Waals surface area contributed by atoms with Gasteiger partial charge in [0.1, 0.15) is 0 Å². The van der Waals surface area contributed by atoms with Crippen LogP contribution in [0.2, 0.25) is 5.02 Å². The van der Waals surface area contributed by atoms with Gasteiger partial charge >= 0.3 is 5.97 Å². The fraction of sp³-hybridized carbons (Fsp3) is 0.357. The highest BCUT2D eigenvalue weighted by Gasteiger charge is 2.12. The van der Waals surface area contributed by atoms with Crippen LogP contribution in [-0.2, 0) is 17.9 Å². The molecule has 0 aliphatic carbocycles. The first kappa shape index (κ1) is 16.6. The maximum Gasteiger partial charge on any atom is 0.313 e. The Hall–Kier alpha value is -1.73. The molecule has 1 aromatic carbocycles. The molecule has 22 heavy (non-hydrogen) atoms. The van der Waals surface area contributed by atoms with Crippen LogP contribution in [0.4, 0.5) is 5.69 Å². The summed E-state index contributed by atoms with van der Waals surface area (Å²) in [5, 5.41) is 21.5. The van der Waals surface area contributed by atoms with Crippen molar-refractivity contribution in [3.8, 4) is 0 Å². The van der Waals surface area contributed by atoms with Gasteiger partial charge in [-0.15, -0.1) is 10.2 Å². The third-order valence-corrected chi connectivity index (χ3v) is 4.42. The van der Waals surface area contributed by atoms with Crippen molar-refractivity contribution in [3.05, 3.63) is 34.6 Å². The van der Waals surface area contributed by atoms with Crippen molar-refractivity contribution in [2.75, 3.05) is 11.1 Å². The Labute approximate surface area is 137 Å². The average Bonchev–Trinajstić information content (AvgIpc) is 2.88. The number of aryl methyl sites for hydroxylation is 1. The van der Waals surface area contributed by atoms with Crippen LogP contribution in [-0.4, -0.2) is 31.6 Å². The van der Waals surface area contributed by atoms with E-state index in [0.29, 0.717) is 23.3 Å². The molecule has 0 spiro atoms. The van der Waals surface area contributed by atoms with E-state index in [-0.39, 0.29) is 5.75 Å². The zero-order valence-corrected chi connectivity index (χ0v) is 13.9. The highest BCUT2D eigenvalue weighted by Crippen LogP contribution is 2.21. The van der Waals surface area contributed by atoms with Gasteiger partial charge in [0, 0.05) is 17.3 Å². The van der Waals surface area contributed by atoms with Crippen LogP contribution in [0.25, 0.3) is 0 Å². The lowest BCUT2D eigenvalue weighted by Crippen LogP contribution is -2.09. The summed E-state index contributed by atoms with van der Waals surface area (Å²) >= 11 is 7.26. The second-order valence-electron chi connectivity index (χ2n) is 4.64. The lowest BCUT2D eigenvalue weighted by Gasteiger charge is -2.09. The molecule has 0 amide bonds. The van der Waals surface area contributed by atoms with Crippen molar-refractivity contribution in [3.63, 3.8) is 0 Å². The van der Waals surface area contributed by atoms with E-state index >= 15 is 0 Å². The molecule has 0 atom stereocenters. The zero-order chi connectivity index (χ0) is 16.1. The Kier molecular flexibility index (Phi) is 5.68. The number of nitrogens with zero attached hydrogens (tertiary/aromatic N) is 3. The lowest BCUT2D eigenvalue weighted by atomic mass is 10.2. The van der Waals surface area contributed by atoms with Gasteiger partial charge in [-0.2, -0.15) is 0 Å². The molecule has 0 bridgehead atoms. The molecule has 0 aliphatic heterocycles. The summed E-state index contributed by atoms with van der Waals surface area (Å²) in [6.07, 6.45) is 0. The molecule has 1 heterocycles. The summed E-state index contributed by atoms with van der Waals surface area (Å²) < 4.78 is 1.90. The van der Waals surface area contributed by atoms with Gasteiger partial charge in [-0.05, 0) is 31.5 Å². The number of aliphatic carboxylic acids is 1. The predicted octanol–water partition coefficient (Wildman–Crippen LogP) is 3.05. The molecule has 0 saturated heterocycles. The predicted molar refractivity (Wildman–Crippen MR) is 87.6 cm³/mol. The number of anilines is 1. The van der Waals surface area contributed by atoms with E-state index < -0.39 is 5.97 Å². The number of carboxylic acid groups (broad SMARTS) is 1. The van der Waals surface area contributed by atoms with Crippen LogP contribution in [0.15, 0.2) is 23.4 Å². The molecule has 2 N–H and O–H groups in total. The van der Waals surface area contributed by atoms with Crippen LogP contribution < -0.4 is 5.32 Å². The van der Waals surface area contributed by atoms with E-state index in [1.165, 1.54) is 11.8 Å². The molecule has 0 saturated carbocycles. The van der Waals surface area contributed by atoms with Gasteiger partial charge in [0.15, 0.2) is 11.0 Å². The van der Waals surface area contributed by atoms with E-state index in [1.54, 1.807) is 0 Å². The smallest absolute Gasteiger partial charge is 0.313 e. The molecule has 8 heteroatoms. The van der Waals surface area contributed by atoms with Crippen molar-refractivity contribution in [1.29, 1.82) is 0 Å². The Bertz CT molecular complexity index is 675. The summed E-state index contributed by atoms with van der Waals surface area (Å²) in [6, 6.07) is 5.76. The number of rotatable bonds is 7. The Balaban J connectivity index is 2.06. The number of thioether (sulfide) groups is 1. The van der Waals surface area contributed by atoms with Crippen molar-refractivity contribution >= 4 is 35.0 Å². The van der Waals surface area contributed by atoms with E-state index in [9.17, 15) is 4.79 Å². The van der Waals surface area contributed by atoms with Crippen molar-refractivity contribution < 1.29 is 9.90 Å². The molecule has 1 aromatic heterocycles. The fourth-order valence-corrected chi connectivity index (χ4v) is 2.81. The van der Waals surface area contributed by atoms with Gasteiger partial charge in [0.2, 0.25) is 0 Å². The van der Waals surface area contributed by atoms with Gasteiger partial charge in [-0.1, -0.05) is 29.4 Å². The molecule has 118 valence electrons. The topological polar surface area (TPSA) is 80.0 Å². The number of benzene rings is 1. The zero-order valence-electron chi connectivity index (χ0n) is 12.3. The van der Waals surface area contributed by atoms with E-state index in [2.05, 4.69) is 15.5 Å². The minimum Gasteiger partial charge on any atom is -0.481 e. The van der Waals surface area contributed by atoms with Crippen LogP contribution in [0.3, 0.4) is 0 Å². The summed E-state index contributed by atoms with van der Waals surface area (Å²) in [5.74, 6) is -0.143. The van der Waals surface area contributed by atoms with E-state index in [4.69, 9.17) is 16.7 Å². The standard InChI is InChI=1S/C14H17ClN4O2S/c1-3-19-12(17-18-14(19)22-8-13(20)21)7-16-10-5-4-9(2)11(15)6-10/h4-6,16H,3,7-8H2,1-2H3,(H,20,21). The first-order valence-corrected chi connectivity index (χ1v) is 8.14. The Morgan fingerprint density at radius 1 is 1.45 bits per heavy atom. The van der Waals surface area contributed by atoms with Gasteiger partial charge in [0.05, 0.1) is 12.3 Å². The summed E-state index contributed by atoms with van der Waals surface area (Å²) in [5.41, 5.74) is 1.93. The molecule has 2 aromatic rings. The summed E-state index contributed by atoms with van der Waals surface area (Å²) in [7, 11) is 0. The maximum atomic E-state index is 10.6. The molecular formula is C14H17ClN4O2S. The van der Waals surface area contributed by atoms with Gasteiger partial charge in [-0.25, -0.2) is 0 Å². The molecule has 0 radical (unpaired) electrons. The second kappa shape index (κ2) is 7.51. The van der Waals surface area contributed by atoms with Crippen molar-refractivity contribution in [2.45, 2.75) is 32.1 Å². The molecule has 0 aliphatic rings. The number of hydrogen-bond donors (Lipinski definition) is 2.